The molecule has 2 bridgehead atoms. The first-order chi connectivity index (χ1) is 16.0. The first kappa shape index (κ1) is 25.0. The van der Waals surface area contributed by atoms with Gasteiger partial charge in [0.15, 0.2) is 5.76 Å². The SMILES string of the molecule is O=C(N[C@H]1CN2CCC1CC2)c1ccc(-c2ccccc2C(F)(F)F)o1.O=C(O)C=CC(=O)O. The smallest absolute Gasteiger partial charge is 0.417 e. The van der Waals surface area contributed by atoms with E-state index in [1.807, 2.05) is 0 Å². The van der Waals surface area contributed by atoms with Crippen LogP contribution < -0.4 is 5.32 Å². The van der Waals surface area contributed by atoms with Crippen LogP contribution in [-0.4, -0.2) is 58.6 Å². The van der Waals surface area contributed by atoms with Crippen molar-refractivity contribution in [1.29, 1.82) is 0 Å². The molecule has 34 heavy (non-hydrogen) atoms. The zero-order chi connectivity index (χ0) is 24.9. The molecule has 1 amide bonds. The van der Waals surface area contributed by atoms with Crippen LogP contribution in [0.3, 0.4) is 0 Å². The van der Waals surface area contributed by atoms with Gasteiger partial charge in [0.1, 0.15) is 5.76 Å². The molecule has 1 aromatic heterocycles. The average Bonchev–Trinajstić information content (AvgIpc) is 3.29. The summed E-state index contributed by atoms with van der Waals surface area (Å²) in [5.74, 6) is -2.35. The number of carboxylic acids is 2. The summed E-state index contributed by atoms with van der Waals surface area (Å²) in [6.45, 7) is 2.95. The van der Waals surface area contributed by atoms with Crippen molar-refractivity contribution in [1.82, 2.24) is 10.2 Å². The van der Waals surface area contributed by atoms with Gasteiger partial charge in [-0.3, -0.25) is 4.79 Å². The molecule has 3 aliphatic heterocycles. The van der Waals surface area contributed by atoms with E-state index in [1.165, 1.54) is 30.3 Å². The van der Waals surface area contributed by atoms with E-state index in [0.717, 1.165) is 38.5 Å². The topological polar surface area (TPSA) is 120 Å². The Bertz CT molecular complexity index is 1050. The summed E-state index contributed by atoms with van der Waals surface area (Å²) in [4.78, 5) is 33.9. The molecule has 5 rings (SSSR count). The molecule has 0 spiro atoms. The lowest BCUT2D eigenvalue weighted by atomic mass is 9.84. The third-order valence-corrected chi connectivity index (χ3v) is 5.67. The number of alkyl halides is 3. The monoisotopic (exact) mass is 480 g/mol. The first-order valence-corrected chi connectivity index (χ1v) is 10.5. The second kappa shape index (κ2) is 10.6. The Balaban J connectivity index is 0.000000350. The van der Waals surface area contributed by atoms with Crippen LogP contribution in [0.4, 0.5) is 13.2 Å². The van der Waals surface area contributed by atoms with E-state index in [2.05, 4.69) is 10.2 Å². The number of hydrogen-bond donors (Lipinski definition) is 3. The van der Waals surface area contributed by atoms with Crippen LogP contribution in [-0.2, 0) is 15.8 Å². The van der Waals surface area contributed by atoms with Crippen LogP contribution in [0.1, 0.15) is 29.0 Å². The highest BCUT2D eigenvalue weighted by Crippen LogP contribution is 2.37. The van der Waals surface area contributed by atoms with Crippen molar-refractivity contribution in [2.75, 3.05) is 19.6 Å². The minimum absolute atomic E-state index is 0.0356. The van der Waals surface area contributed by atoms with Crippen LogP contribution in [0.2, 0.25) is 0 Å². The third kappa shape index (κ3) is 6.47. The molecule has 2 aromatic rings. The first-order valence-electron chi connectivity index (χ1n) is 10.5. The molecule has 3 aliphatic rings. The van der Waals surface area contributed by atoms with E-state index in [4.69, 9.17) is 14.6 Å². The molecule has 1 atom stereocenters. The van der Waals surface area contributed by atoms with Gasteiger partial charge in [-0.15, -0.1) is 0 Å². The van der Waals surface area contributed by atoms with Gasteiger partial charge in [0.2, 0.25) is 0 Å². The molecule has 0 radical (unpaired) electrons. The Labute approximate surface area is 192 Å². The van der Waals surface area contributed by atoms with Crippen LogP contribution in [0.15, 0.2) is 53.0 Å². The van der Waals surface area contributed by atoms with Crippen LogP contribution in [0, 0.1) is 5.92 Å². The van der Waals surface area contributed by atoms with Crippen molar-refractivity contribution in [3.63, 3.8) is 0 Å². The molecule has 0 unspecified atom stereocenters. The number of amides is 1. The van der Waals surface area contributed by atoms with E-state index < -0.39 is 23.7 Å². The summed E-state index contributed by atoms with van der Waals surface area (Å²) in [7, 11) is 0. The lowest BCUT2D eigenvalue weighted by molar-refractivity contribution is -0.137. The second-order valence-electron chi connectivity index (χ2n) is 7.94. The lowest BCUT2D eigenvalue weighted by Crippen LogP contribution is -2.57. The van der Waals surface area contributed by atoms with E-state index >= 15 is 0 Å². The predicted molar refractivity (Wildman–Crippen MR) is 114 cm³/mol. The third-order valence-electron chi connectivity index (χ3n) is 5.67. The number of carboxylic acid groups (broad SMARTS) is 2. The molecule has 0 aliphatic carbocycles. The number of halogens is 3. The Kier molecular flexibility index (Phi) is 7.77. The van der Waals surface area contributed by atoms with Crippen molar-refractivity contribution in [2.24, 2.45) is 5.92 Å². The Morgan fingerprint density at radius 1 is 1.00 bits per heavy atom. The van der Waals surface area contributed by atoms with Crippen molar-refractivity contribution in [2.45, 2.75) is 25.1 Å². The molecule has 182 valence electrons. The highest BCUT2D eigenvalue weighted by molar-refractivity contribution is 5.92. The van der Waals surface area contributed by atoms with E-state index in [1.54, 1.807) is 0 Å². The summed E-state index contributed by atoms with van der Waals surface area (Å²) >= 11 is 0. The molecular weight excluding hydrogens is 457 g/mol. The molecular formula is C23H23F3N2O6. The van der Waals surface area contributed by atoms with Crippen molar-refractivity contribution >= 4 is 17.8 Å². The molecule has 1 aromatic carbocycles. The quantitative estimate of drug-likeness (QED) is 0.561. The number of nitrogens with zero attached hydrogens (tertiary/aromatic N) is 1. The number of carbonyl (C=O) groups is 3. The highest BCUT2D eigenvalue weighted by Gasteiger charge is 2.36. The maximum Gasteiger partial charge on any atom is 0.417 e. The number of fused-ring (bicyclic) bond motifs is 3. The fraction of sp³-hybridized carbons (Fsp3) is 0.348. The van der Waals surface area contributed by atoms with Crippen molar-refractivity contribution < 1.29 is 42.2 Å². The van der Waals surface area contributed by atoms with E-state index in [0.29, 0.717) is 18.1 Å². The average molecular weight is 480 g/mol. The zero-order valence-electron chi connectivity index (χ0n) is 17.9. The number of rotatable bonds is 5. The largest absolute Gasteiger partial charge is 0.478 e. The molecule has 3 saturated heterocycles. The molecule has 11 heteroatoms. The molecule has 8 nitrogen and oxygen atoms in total. The number of piperidine rings is 3. The summed E-state index contributed by atoms with van der Waals surface area (Å²) in [5.41, 5.74) is -0.847. The number of furan rings is 1. The van der Waals surface area contributed by atoms with Crippen LogP contribution in [0.25, 0.3) is 11.3 Å². The second-order valence-corrected chi connectivity index (χ2v) is 7.94. The molecule has 3 N–H and O–H groups in total. The number of carbonyl (C=O) groups excluding carboxylic acids is 1. The van der Waals surface area contributed by atoms with Gasteiger partial charge < -0.3 is 24.8 Å². The van der Waals surface area contributed by atoms with Gasteiger partial charge in [0, 0.05) is 30.3 Å². The van der Waals surface area contributed by atoms with Gasteiger partial charge in [-0.2, -0.15) is 13.2 Å². The molecule has 3 fully saturated rings. The maximum absolute atomic E-state index is 13.2. The zero-order valence-corrected chi connectivity index (χ0v) is 17.9. The number of aliphatic carboxylic acids is 2. The van der Waals surface area contributed by atoms with E-state index in [-0.39, 0.29) is 29.0 Å². The summed E-state index contributed by atoms with van der Waals surface area (Å²) in [6, 6.07) is 8.11. The summed E-state index contributed by atoms with van der Waals surface area (Å²) in [5, 5.41) is 18.6. The van der Waals surface area contributed by atoms with Crippen LogP contribution in [0.5, 0.6) is 0 Å². The van der Waals surface area contributed by atoms with Gasteiger partial charge in [0.25, 0.3) is 5.91 Å². The van der Waals surface area contributed by atoms with Crippen molar-refractivity contribution in [3.8, 4) is 11.3 Å². The van der Waals surface area contributed by atoms with Crippen molar-refractivity contribution in [3.05, 3.63) is 59.9 Å². The van der Waals surface area contributed by atoms with Crippen LogP contribution >= 0.6 is 0 Å². The Morgan fingerprint density at radius 2 is 1.62 bits per heavy atom. The molecule has 0 saturated carbocycles. The Hall–Kier alpha value is -3.60. The minimum Gasteiger partial charge on any atom is -0.478 e. The number of benzene rings is 1. The highest BCUT2D eigenvalue weighted by atomic mass is 19.4. The normalized spacial score (nSPS) is 21.6. The lowest BCUT2D eigenvalue weighted by Gasteiger charge is -2.44. The predicted octanol–water partition coefficient (Wildman–Crippen LogP) is 3.50. The Morgan fingerprint density at radius 3 is 2.15 bits per heavy atom. The van der Waals surface area contributed by atoms with Gasteiger partial charge in [0.05, 0.1) is 5.56 Å². The fourth-order valence-corrected chi connectivity index (χ4v) is 4.06. The molecule has 4 heterocycles. The number of nitrogens with one attached hydrogen (secondary N) is 1. The van der Waals surface area contributed by atoms with Gasteiger partial charge in [-0.25, -0.2) is 9.59 Å². The van der Waals surface area contributed by atoms with Gasteiger partial charge in [-0.1, -0.05) is 18.2 Å². The summed E-state index contributed by atoms with van der Waals surface area (Å²) in [6.07, 6.45) is -1.24. The maximum atomic E-state index is 13.2. The van der Waals surface area contributed by atoms with E-state index in [9.17, 15) is 27.6 Å². The number of hydrogen-bond acceptors (Lipinski definition) is 5. The standard InChI is InChI=1S/C19H19F3N2O2.C4H4O4/c20-19(21,22)14-4-2-1-3-13(14)16-5-6-17(26-16)18(25)23-15-11-24-9-7-12(15)8-10-24;5-3(6)1-2-4(7)8/h1-6,12,15H,7-11H2,(H,23,25);1-2H,(H,5,6)(H,7,8)/t15-;/m0./s1. The summed E-state index contributed by atoms with van der Waals surface area (Å²) < 4.78 is 45.0. The minimum atomic E-state index is -4.48. The van der Waals surface area contributed by atoms with Gasteiger partial charge in [-0.05, 0) is 50.0 Å². The van der Waals surface area contributed by atoms with Gasteiger partial charge >= 0.3 is 18.1 Å². The fourth-order valence-electron chi connectivity index (χ4n) is 4.06.